The van der Waals surface area contributed by atoms with Crippen LogP contribution in [0.2, 0.25) is 0 Å². The Kier molecular flexibility index (Phi) is 5.45. The molecule has 0 aromatic heterocycles. The molecular weight excluding hydrogens is 158 g/mol. The summed E-state index contributed by atoms with van der Waals surface area (Å²) in [6.45, 7) is 8.19. The predicted octanol–water partition coefficient (Wildman–Crippen LogP) is 1.80. The van der Waals surface area contributed by atoms with E-state index in [1.54, 1.807) is 6.92 Å². The van der Waals surface area contributed by atoms with Gasteiger partial charge in [0, 0.05) is 6.54 Å². The highest BCUT2D eigenvalue weighted by atomic mass is 16.7. The first-order valence-corrected chi connectivity index (χ1v) is 4.22. The monoisotopic (exact) mass is 175 g/mol. The van der Waals surface area contributed by atoms with E-state index in [2.05, 4.69) is 0 Å². The molecule has 1 amide bonds. The molecule has 0 aromatic rings. The maximum atomic E-state index is 11.1. The van der Waals surface area contributed by atoms with Crippen LogP contribution in [-0.4, -0.2) is 30.4 Å². The van der Waals surface area contributed by atoms with Gasteiger partial charge in [0.2, 0.25) is 0 Å². The summed E-state index contributed by atoms with van der Waals surface area (Å²) in [5.41, 5.74) is 0. The van der Waals surface area contributed by atoms with Gasteiger partial charge < -0.3 is 4.74 Å². The van der Waals surface area contributed by atoms with E-state index in [9.17, 15) is 4.79 Å². The van der Waals surface area contributed by atoms with E-state index in [-0.39, 0.29) is 6.10 Å². The topological polar surface area (TPSA) is 38.8 Å². The molecule has 12 heavy (non-hydrogen) atoms. The van der Waals surface area contributed by atoms with Crippen LogP contribution in [0.4, 0.5) is 4.79 Å². The first-order chi connectivity index (χ1) is 5.61. The molecule has 0 aromatic carbocycles. The molecule has 0 atom stereocenters. The smallest absolute Gasteiger partial charge is 0.433 e. The molecule has 0 radical (unpaired) electrons. The Morgan fingerprint density at radius 2 is 2.00 bits per heavy atom. The van der Waals surface area contributed by atoms with E-state index in [1.807, 2.05) is 20.8 Å². The van der Waals surface area contributed by atoms with Crippen molar-refractivity contribution < 1.29 is 14.4 Å². The van der Waals surface area contributed by atoms with Gasteiger partial charge in [0.1, 0.15) is 0 Å². The zero-order chi connectivity index (χ0) is 9.56. The molecule has 0 saturated carbocycles. The molecule has 0 spiro atoms. The van der Waals surface area contributed by atoms with Crippen molar-refractivity contribution in [3.8, 4) is 0 Å². The minimum atomic E-state index is -0.422. The average Bonchev–Trinajstić information content (AvgIpc) is 2.00. The number of hydrogen-bond acceptors (Lipinski definition) is 3. The molecule has 0 fully saturated rings. The van der Waals surface area contributed by atoms with Crippen LogP contribution in [0, 0.1) is 0 Å². The molecular formula is C8H17NO3. The van der Waals surface area contributed by atoms with Crippen molar-refractivity contribution in [3.63, 3.8) is 0 Å². The van der Waals surface area contributed by atoms with E-state index in [1.165, 1.54) is 5.06 Å². The Morgan fingerprint density at radius 3 is 2.33 bits per heavy atom. The fourth-order valence-electron chi connectivity index (χ4n) is 0.697. The molecule has 0 heterocycles. The van der Waals surface area contributed by atoms with E-state index in [4.69, 9.17) is 9.57 Å². The number of hydrogen-bond donors (Lipinski definition) is 0. The van der Waals surface area contributed by atoms with Gasteiger partial charge >= 0.3 is 6.09 Å². The fraction of sp³-hybridized carbons (Fsp3) is 0.875. The fourth-order valence-corrected chi connectivity index (χ4v) is 0.697. The summed E-state index contributed by atoms with van der Waals surface area (Å²) in [7, 11) is 0. The van der Waals surface area contributed by atoms with Gasteiger partial charge in [-0.2, -0.15) is 5.06 Å². The summed E-state index contributed by atoms with van der Waals surface area (Å²) in [6, 6.07) is 0. The van der Waals surface area contributed by atoms with Gasteiger partial charge in [-0.1, -0.05) is 0 Å². The number of rotatable bonds is 4. The molecule has 0 aliphatic carbocycles. The zero-order valence-electron chi connectivity index (χ0n) is 8.16. The molecule has 0 saturated heterocycles. The van der Waals surface area contributed by atoms with Gasteiger partial charge in [-0.15, -0.1) is 0 Å². The van der Waals surface area contributed by atoms with Crippen LogP contribution in [0.1, 0.15) is 27.7 Å². The number of amides is 1. The van der Waals surface area contributed by atoms with Gasteiger partial charge in [-0.25, -0.2) is 4.79 Å². The number of ether oxygens (including phenoxy) is 1. The lowest BCUT2D eigenvalue weighted by molar-refractivity contribution is -0.161. The van der Waals surface area contributed by atoms with Crippen molar-refractivity contribution in [1.82, 2.24) is 5.06 Å². The number of nitrogens with zero attached hydrogens (tertiary/aromatic N) is 1. The summed E-state index contributed by atoms with van der Waals surface area (Å²) < 4.78 is 4.76. The second-order valence-corrected chi connectivity index (χ2v) is 2.55. The highest BCUT2D eigenvalue weighted by Crippen LogP contribution is 1.99. The van der Waals surface area contributed by atoms with Crippen molar-refractivity contribution >= 4 is 6.09 Å². The Hall–Kier alpha value is -0.770. The second kappa shape index (κ2) is 5.83. The highest BCUT2D eigenvalue weighted by molar-refractivity contribution is 5.66. The molecule has 0 bridgehead atoms. The molecule has 72 valence electrons. The summed E-state index contributed by atoms with van der Waals surface area (Å²) in [4.78, 5) is 16.3. The van der Waals surface area contributed by atoms with Crippen LogP contribution in [-0.2, 0) is 9.57 Å². The SMILES string of the molecule is CCOC(=O)N(CC)OC(C)C. The van der Waals surface area contributed by atoms with Crippen molar-refractivity contribution in [2.45, 2.75) is 33.8 Å². The Bertz CT molecular complexity index is 136. The van der Waals surface area contributed by atoms with E-state index in [0.29, 0.717) is 13.2 Å². The summed E-state index contributed by atoms with van der Waals surface area (Å²) in [5.74, 6) is 0. The summed E-state index contributed by atoms with van der Waals surface area (Å²) >= 11 is 0. The lowest BCUT2D eigenvalue weighted by Crippen LogP contribution is -2.33. The molecule has 4 nitrogen and oxygen atoms in total. The third-order valence-corrected chi connectivity index (χ3v) is 1.10. The highest BCUT2D eigenvalue weighted by Gasteiger charge is 2.13. The first-order valence-electron chi connectivity index (χ1n) is 4.22. The molecule has 0 aliphatic heterocycles. The largest absolute Gasteiger partial charge is 0.448 e. The van der Waals surface area contributed by atoms with E-state index in [0.717, 1.165) is 0 Å². The van der Waals surface area contributed by atoms with Gasteiger partial charge in [0.15, 0.2) is 0 Å². The average molecular weight is 175 g/mol. The lowest BCUT2D eigenvalue weighted by atomic mass is 10.5. The maximum absolute atomic E-state index is 11.1. The van der Waals surface area contributed by atoms with Gasteiger partial charge in [-0.3, -0.25) is 4.84 Å². The van der Waals surface area contributed by atoms with Crippen LogP contribution < -0.4 is 0 Å². The Balaban J connectivity index is 3.87. The van der Waals surface area contributed by atoms with Crippen LogP contribution in [0.25, 0.3) is 0 Å². The zero-order valence-corrected chi connectivity index (χ0v) is 8.16. The second-order valence-electron chi connectivity index (χ2n) is 2.55. The standard InChI is InChI=1S/C8H17NO3/c1-5-9(12-7(3)4)8(10)11-6-2/h7H,5-6H2,1-4H3. The molecule has 0 unspecified atom stereocenters. The normalized spacial score (nSPS) is 10.1. The van der Waals surface area contributed by atoms with Crippen molar-refractivity contribution in [1.29, 1.82) is 0 Å². The van der Waals surface area contributed by atoms with Gasteiger partial charge in [0.05, 0.1) is 12.7 Å². The number of carbonyl (C=O) groups excluding carboxylic acids is 1. The third kappa shape index (κ3) is 4.18. The molecule has 4 heteroatoms. The minimum absolute atomic E-state index is 0.00523. The van der Waals surface area contributed by atoms with Crippen LogP contribution in [0.3, 0.4) is 0 Å². The van der Waals surface area contributed by atoms with E-state index >= 15 is 0 Å². The number of hydroxylamine groups is 2. The van der Waals surface area contributed by atoms with Gasteiger partial charge in [-0.05, 0) is 27.7 Å². The summed E-state index contributed by atoms with van der Waals surface area (Å²) in [5, 5.41) is 1.22. The maximum Gasteiger partial charge on any atom is 0.433 e. The van der Waals surface area contributed by atoms with Crippen molar-refractivity contribution in [3.05, 3.63) is 0 Å². The van der Waals surface area contributed by atoms with Gasteiger partial charge in [0.25, 0.3) is 0 Å². The number of carbonyl (C=O) groups is 1. The Morgan fingerprint density at radius 1 is 1.42 bits per heavy atom. The minimum Gasteiger partial charge on any atom is -0.448 e. The van der Waals surface area contributed by atoms with Crippen LogP contribution in [0.5, 0.6) is 0 Å². The molecule has 0 N–H and O–H groups in total. The van der Waals surface area contributed by atoms with E-state index < -0.39 is 6.09 Å². The van der Waals surface area contributed by atoms with Crippen LogP contribution >= 0.6 is 0 Å². The third-order valence-electron chi connectivity index (χ3n) is 1.10. The molecule has 0 rings (SSSR count). The first kappa shape index (κ1) is 11.2. The lowest BCUT2D eigenvalue weighted by Gasteiger charge is -2.21. The predicted molar refractivity (Wildman–Crippen MR) is 45.6 cm³/mol. The Labute approximate surface area is 73.4 Å². The quantitative estimate of drug-likeness (QED) is 0.611. The van der Waals surface area contributed by atoms with Crippen LogP contribution in [0.15, 0.2) is 0 Å². The summed E-state index contributed by atoms with van der Waals surface area (Å²) in [6.07, 6.45) is -0.428. The molecule has 0 aliphatic rings. The van der Waals surface area contributed by atoms with Crippen molar-refractivity contribution in [2.75, 3.05) is 13.2 Å². The van der Waals surface area contributed by atoms with Crippen molar-refractivity contribution in [2.24, 2.45) is 0 Å².